The molecule has 0 saturated carbocycles. The number of nitrogens with one attached hydrogen (secondary N) is 1. The highest BCUT2D eigenvalue weighted by molar-refractivity contribution is 5.83. The molecule has 0 atom stereocenters. The van der Waals surface area contributed by atoms with Crippen molar-refractivity contribution in [3.8, 4) is 0 Å². The van der Waals surface area contributed by atoms with E-state index in [1.165, 1.54) is 16.3 Å². The minimum Gasteiger partial charge on any atom is -0.302 e. The zero-order chi connectivity index (χ0) is 17.8. The van der Waals surface area contributed by atoms with Crippen LogP contribution in [0.4, 0.5) is 4.79 Å². The smallest absolute Gasteiger partial charge is 0.302 e. The number of likely N-dealkylation sites (tertiary alicyclic amines) is 1. The maximum atomic E-state index is 13.1. The Morgan fingerprint density at radius 1 is 0.808 bits per heavy atom. The molecule has 26 heavy (non-hydrogen) atoms. The number of carbonyl (C=O) groups is 1. The molecule has 132 valence electrons. The van der Waals surface area contributed by atoms with Gasteiger partial charge >= 0.3 is 6.03 Å². The number of nitrogens with zero attached hydrogens (tertiary/aromatic N) is 1. The van der Waals surface area contributed by atoms with Gasteiger partial charge in [0.25, 0.3) is 0 Å². The van der Waals surface area contributed by atoms with E-state index in [9.17, 15) is 4.79 Å². The Hall–Kier alpha value is -2.65. The zero-order valence-corrected chi connectivity index (χ0v) is 15.0. The number of quaternary nitrogens is 1. The van der Waals surface area contributed by atoms with Gasteiger partial charge in [0.2, 0.25) is 0 Å². The minimum atomic E-state index is 0.152. The molecule has 1 N–H and O–H groups in total. The Kier molecular flexibility index (Phi) is 4.72. The summed E-state index contributed by atoms with van der Waals surface area (Å²) < 4.78 is 0.519. The number of fused-ring (bicyclic) bond motifs is 1. The van der Waals surface area contributed by atoms with Gasteiger partial charge in [-0.05, 0) is 22.4 Å². The van der Waals surface area contributed by atoms with Crippen molar-refractivity contribution < 1.29 is 9.28 Å². The third-order valence-corrected chi connectivity index (χ3v) is 5.44. The van der Waals surface area contributed by atoms with Crippen LogP contribution in [0.15, 0.2) is 72.8 Å². The average Bonchev–Trinajstić information content (AvgIpc) is 3.16. The molecule has 1 heterocycles. The predicted molar refractivity (Wildman–Crippen MR) is 106 cm³/mol. The fourth-order valence-electron chi connectivity index (χ4n) is 4.00. The lowest BCUT2D eigenvalue weighted by Gasteiger charge is -2.31. The maximum absolute atomic E-state index is 13.1. The monoisotopic (exact) mass is 345 g/mol. The quantitative estimate of drug-likeness (QED) is 0.672. The van der Waals surface area contributed by atoms with Crippen molar-refractivity contribution in [1.29, 1.82) is 0 Å². The van der Waals surface area contributed by atoms with Crippen LogP contribution in [-0.2, 0) is 13.1 Å². The number of carbonyl (C=O) groups excluding carboxylic acids is 1. The number of hydrogen-bond acceptors (Lipinski definition) is 1. The SMILES string of the molecule is O=C(NCc1ccccc1)[N+]1(Cc2ccc3ccccc3c2)CCCC1. The lowest BCUT2D eigenvalue weighted by Crippen LogP contribution is -2.54. The molecule has 0 aromatic heterocycles. The third kappa shape index (κ3) is 3.49. The first kappa shape index (κ1) is 16.8. The van der Waals surface area contributed by atoms with E-state index in [0.29, 0.717) is 11.0 Å². The molecule has 3 aromatic rings. The fraction of sp³-hybridized carbons (Fsp3) is 0.261. The van der Waals surface area contributed by atoms with Gasteiger partial charge in [-0.25, -0.2) is 9.28 Å². The van der Waals surface area contributed by atoms with Gasteiger partial charge in [0.05, 0.1) is 13.1 Å². The third-order valence-electron chi connectivity index (χ3n) is 5.44. The molecular weight excluding hydrogens is 320 g/mol. The molecule has 0 bridgehead atoms. The summed E-state index contributed by atoms with van der Waals surface area (Å²) in [4.78, 5) is 13.1. The number of amides is 2. The van der Waals surface area contributed by atoms with Gasteiger partial charge in [-0.2, -0.15) is 0 Å². The minimum absolute atomic E-state index is 0.152. The molecule has 2 amide bonds. The molecule has 1 saturated heterocycles. The van der Waals surface area contributed by atoms with Crippen LogP contribution in [0.3, 0.4) is 0 Å². The first-order valence-electron chi connectivity index (χ1n) is 9.41. The highest BCUT2D eigenvalue weighted by Crippen LogP contribution is 2.26. The molecule has 0 radical (unpaired) electrons. The first-order valence-corrected chi connectivity index (χ1v) is 9.41. The van der Waals surface area contributed by atoms with E-state index < -0.39 is 0 Å². The summed E-state index contributed by atoms with van der Waals surface area (Å²) in [6, 6.07) is 25.3. The Morgan fingerprint density at radius 3 is 2.27 bits per heavy atom. The van der Waals surface area contributed by atoms with Crippen LogP contribution in [0.2, 0.25) is 0 Å². The van der Waals surface area contributed by atoms with Crippen LogP contribution < -0.4 is 5.32 Å². The van der Waals surface area contributed by atoms with E-state index in [4.69, 9.17) is 0 Å². The first-order chi connectivity index (χ1) is 12.8. The fourth-order valence-corrected chi connectivity index (χ4v) is 4.00. The van der Waals surface area contributed by atoms with Crippen molar-refractivity contribution in [2.75, 3.05) is 13.1 Å². The van der Waals surface area contributed by atoms with E-state index in [1.54, 1.807) is 0 Å². The van der Waals surface area contributed by atoms with Crippen LogP contribution in [-0.4, -0.2) is 23.6 Å². The van der Waals surface area contributed by atoms with Crippen LogP contribution in [0, 0.1) is 0 Å². The summed E-state index contributed by atoms with van der Waals surface area (Å²) in [6.45, 7) is 3.21. The van der Waals surface area contributed by atoms with Crippen molar-refractivity contribution in [2.24, 2.45) is 0 Å². The zero-order valence-electron chi connectivity index (χ0n) is 15.0. The molecule has 1 aliphatic rings. The molecule has 0 aliphatic carbocycles. The van der Waals surface area contributed by atoms with Crippen molar-refractivity contribution >= 4 is 16.8 Å². The molecule has 3 nitrogen and oxygen atoms in total. The molecular formula is C23H25N2O+. The summed E-state index contributed by atoms with van der Waals surface area (Å²) >= 11 is 0. The maximum Gasteiger partial charge on any atom is 0.417 e. The summed E-state index contributed by atoms with van der Waals surface area (Å²) in [6.07, 6.45) is 2.23. The summed E-state index contributed by atoms with van der Waals surface area (Å²) in [5.74, 6) is 0. The van der Waals surface area contributed by atoms with Crippen LogP contribution in [0.5, 0.6) is 0 Å². The van der Waals surface area contributed by atoms with E-state index >= 15 is 0 Å². The van der Waals surface area contributed by atoms with Crippen molar-refractivity contribution in [3.05, 3.63) is 83.9 Å². The van der Waals surface area contributed by atoms with Crippen molar-refractivity contribution in [2.45, 2.75) is 25.9 Å². The molecule has 3 aromatic carbocycles. The molecule has 1 fully saturated rings. The average molecular weight is 345 g/mol. The number of hydrogen-bond donors (Lipinski definition) is 1. The van der Waals surface area contributed by atoms with Gasteiger partial charge in [-0.3, -0.25) is 0 Å². The lowest BCUT2D eigenvalue weighted by atomic mass is 10.1. The second-order valence-electron chi connectivity index (χ2n) is 7.28. The van der Waals surface area contributed by atoms with Crippen LogP contribution in [0.25, 0.3) is 10.8 Å². The Morgan fingerprint density at radius 2 is 1.50 bits per heavy atom. The van der Waals surface area contributed by atoms with Gasteiger partial charge in [-0.1, -0.05) is 66.7 Å². The van der Waals surface area contributed by atoms with Gasteiger partial charge in [0.1, 0.15) is 6.54 Å². The molecule has 0 unspecified atom stereocenters. The second kappa shape index (κ2) is 7.30. The number of urea groups is 1. The van der Waals surface area contributed by atoms with Crippen molar-refractivity contribution in [3.63, 3.8) is 0 Å². The van der Waals surface area contributed by atoms with Crippen LogP contribution in [0.1, 0.15) is 24.0 Å². The summed E-state index contributed by atoms with van der Waals surface area (Å²) in [7, 11) is 0. The predicted octanol–water partition coefficient (Wildman–Crippen LogP) is 4.86. The van der Waals surface area contributed by atoms with Crippen molar-refractivity contribution in [1.82, 2.24) is 5.32 Å². The van der Waals surface area contributed by atoms with Gasteiger partial charge in [0, 0.05) is 24.9 Å². The lowest BCUT2D eigenvalue weighted by molar-refractivity contribution is -0.851. The highest BCUT2D eigenvalue weighted by Gasteiger charge is 2.40. The molecule has 0 spiro atoms. The Balaban J connectivity index is 1.52. The van der Waals surface area contributed by atoms with Crippen LogP contribution >= 0.6 is 0 Å². The Labute approximate surface area is 154 Å². The molecule has 1 aliphatic heterocycles. The molecule has 4 rings (SSSR count). The number of benzene rings is 3. The van der Waals surface area contributed by atoms with Gasteiger partial charge in [-0.15, -0.1) is 0 Å². The standard InChI is InChI=1S/C23H24N2O/c26-23(24-17-19-8-2-1-3-9-19)25(14-6-7-15-25)18-20-12-13-21-10-4-5-11-22(21)16-20/h1-5,8-13,16H,6-7,14-15,17-18H2/p+1. The highest BCUT2D eigenvalue weighted by atomic mass is 16.2. The van der Waals surface area contributed by atoms with E-state index in [-0.39, 0.29) is 6.03 Å². The normalized spacial score (nSPS) is 15.8. The Bertz CT molecular complexity index is 898. The van der Waals surface area contributed by atoms with E-state index in [0.717, 1.165) is 38.0 Å². The largest absolute Gasteiger partial charge is 0.417 e. The second-order valence-corrected chi connectivity index (χ2v) is 7.28. The number of rotatable bonds is 4. The van der Waals surface area contributed by atoms with Gasteiger partial charge < -0.3 is 5.32 Å². The van der Waals surface area contributed by atoms with E-state index in [1.807, 2.05) is 18.2 Å². The topological polar surface area (TPSA) is 29.1 Å². The molecule has 3 heteroatoms. The van der Waals surface area contributed by atoms with Gasteiger partial charge in [0.15, 0.2) is 0 Å². The summed E-state index contributed by atoms with van der Waals surface area (Å²) in [5.41, 5.74) is 2.38. The summed E-state index contributed by atoms with van der Waals surface area (Å²) in [5, 5.41) is 5.66. The van der Waals surface area contributed by atoms with E-state index in [2.05, 4.69) is 59.9 Å².